The van der Waals surface area contributed by atoms with Crippen LogP contribution in [0.5, 0.6) is 0 Å². The number of ether oxygens (including phenoxy) is 2. The number of allylic oxidation sites excluding steroid dienone is 3. The van der Waals surface area contributed by atoms with E-state index in [2.05, 4.69) is 5.32 Å². The molecule has 7 nitrogen and oxygen atoms in total. The van der Waals surface area contributed by atoms with Gasteiger partial charge in [0.05, 0.1) is 13.2 Å². The molecule has 0 aliphatic carbocycles. The fraction of sp³-hybridized carbons (Fsp3) is 0.348. The first-order valence-electron chi connectivity index (χ1n) is 9.83. The van der Waals surface area contributed by atoms with Crippen molar-refractivity contribution >= 4 is 17.8 Å². The van der Waals surface area contributed by atoms with Gasteiger partial charge in [-0.15, -0.1) is 0 Å². The van der Waals surface area contributed by atoms with Gasteiger partial charge in [-0.1, -0.05) is 54.6 Å². The SMILES string of the molecule is COC(=O)[C@@H](NC(=O)[C@@H]1CCC/C=C/C/C=C\C(O)/C=C/C(=O)O1)c1ccccc1. The van der Waals surface area contributed by atoms with Crippen LogP contribution in [0.15, 0.2) is 66.8 Å². The van der Waals surface area contributed by atoms with E-state index in [-0.39, 0.29) is 6.42 Å². The summed E-state index contributed by atoms with van der Waals surface area (Å²) in [5, 5.41) is 12.4. The van der Waals surface area contributed by atoms with Crippen molar-refractivity contribution in [2.24, 2.45) is 0 Å². The molecule has 1 aliphatic rings. The summed E-state index contributed by atoms with van der Waals surface area (Å²) in [5.41, 5.74) is 0.558. The van der Waals surface area contributed by atoms with E-state index in [9.17, 15) is 19.5 Å². The first-order chi connectivity index (χ1) is 14.5. The van der Waals surface area contributed by atoms with Gasteiger partial charge in [0.1, 0.15) is 0 Å². The molecule has 1 aromatic rings. The summed E-state index contributed by atoms with van der Waals surface area (Å²) < 4.78 is 10.1. The fourth-order valence-electron chi connectivity index (χ4n) is 2.87. The molecule has 0 radical (unpaired) electrons. The van der Waals surface area contributed by atoms with Crippen molar-refractivity contribution < 1.29 is 29.0 Å². The molecule has 0 bridgehead atoms. The van der Waals surface area contributed by atoms with Crippen molar-refractivity contribution in [2.45, 2.75) is 43.9 Å². The van der Waals surface area contributed by atoms with Crippen molar-refractivity contribution in [1.29, 1.82) is 0 Å². The molecule has 3 atom stereocenters. The zero-order valence-electron chi connectivity index (χ0n) is 16.9. The molecule has 0 aromatic heterocycles. The summed E-state index contributed by atoms with van der Waals surface area (Å²) in [4.78, 5) is 37.2. The highest BCUT2D eigenvalue weighted by Crippen LogP contribution is 2.16. The molecular weight excluding hydrogens is 386 g/mol. The van der Waals surface area contributed by atoms with Crippen LogP contribution in [0.25, 0.3) is 0 Å². The molecule has 1 aromatic carbocycles. The van der Waals surface area contributed by atoms with Gasteiger partial charge in [0.2, 0.25) is 0 Å². The molecule has 1 heterocycles. The second-order valence-electron chi connectivity index (χ2n) is 6.72. The topological polar surface area (TPSA) is 102 Å². The zero-order valence-corrected chi connectivity index (χ0v) is 16.9. The average Bonchev–Trinajstić information content (AvgIpc) is 2.76. The van der Waals surface area contributed by atoms with Crippen LogP contribution < -0.4 is 5.32 Å². The van der Waals surface area contributed by atoms with Crippen LogP contribution in [0.1, 0.15) is 37.3 Å². The van der Waals surface area contributed by atoms with Crippen LogP contribution in [0.2, 0.25) is 0 Å². The summed E-state index contributed by atoms with van der Waals surface area (Å²) in [6.07, 6.45) is 9.92. The van der Waals surface area contributed by atoms with E-state index in [0.29, 0.717) is 24.8 Å². The molecule has 2 N–H and O–H groups in total. The van der Waals surface area contributed by atoms with Crippen molar-refractivity contribution in [3.8, 4) is 0 Å². The lowest BCUT2D eigenvalue weighted by Gasteiger charge is -2.21. The Kier molecular flexibility index (Phi) is 9.54. The van der Waals surface area contributed by atoms with Gasteiger partial charge in [0.25, 0.3) is 5.91 Å². The third-order valence-electron chi connectivity index (χ3n) is 4.45. The molecular formula is C23H27NO6. The number of methoxy groups -OCH3 is 1. The third-order valence-corrected chi connectivity index (χ3v) is 4.45. The second-order valence-corrected chi connectivity index (χ2v) is 6.72. The maximum absolute atomic E-state index is 12.9. The monoisotopic (exact) mass is 413 g/mol. The number of cyclic esters (lactones) is 1. The Morgan fingerprint density at radius 2 is 1.93 bits per heavy atom. The van der Waals surface area contributed by atoms with E-state index in [4.69, 9.17) is 9.47 Å². The van der Waals surface area contributed by atoms with E-state index in [1.807, 2.05) is 12.2 Å². The minimum Gasteiger partial charge on any atom is -0.467 e. The predicted molar refractivity (Wildman–Crippen MR) is 111 cm³/mol. The number of nitrogens with one attached hydrogen (secondary N) is 1. The predicted octanol–water partition coefficient (Wildman–Crippen LogP) is 2.53. The molecule has 2 rings (SSSR count). The van der Waals surface area contributed by atoms with Gasteiger partial charge in [-0.2, -0.15) is 0 Å². The van der Waals surface area contributed by atoms with Crippen LogP contribution in [0, 0.1) is 0 Å². The Hall–Kier alpha value is -3.19. The third kappa shape index (κ3) is 7.67. The van der Waals surface area contributed by atoms with Crippen molar-refractivity contribution in [3.63, 3.8) is 0 Å². The number of hydrogen-bond acceptors (Lipinski definition) is 6. The first kappa shape index (κ1) is 23.1. The van der Waals surface area contributed by atoms with Crippen LogP contribution in [0.4, 0.5) is 0 Å². The van der Waals surface area contributed by atoms with E-state index < -0.39 is 36.1 Å². The molecule has 160 valence electrons. The Morgan fingerprint density at radius 1 is 1.17 bits per heavy atom. The molecule has 1 amide bonds. The number of rotatable bonds is 4. The molecule has 30 heavy (non-hydrogen) atoms. The molecule has 7 heteroatoms. The minimum atomic E-state index is -1.08. The number of amides is 1. The minimum absolute atomic E-state index is 0.289. The smallest absolute Gasteiger partial charge is 0.333 e. The summed E-state index contributed by atoms with van der Waals surface area (Å²) in [6, 6.07) is 7.67. The molecule has 1 aliphatic heterocycles. The van der Waals surface area contributed by atoms with Gasteiger partial charge in [-0.05, 0) is 37.3 Å². The van der Waals surface area contributed by atoms with Crippen LogP contribution in [0.3, 0.4) is 0 Å². The maximum atomic E-state index is 12.9. The second kappa shape index (κ2) is 12.4. The van der Waals surface area contributed by atoms with E-state index in [1.165, 1.54) is 13.2 Å². The lowest BCUT2D eigenvalue weighted by molar-refractivity contribution is -0.154. The summed E-state index contributed by atoms with van der Waals surface area (Å²) in [6.45, 7) is 0. The van der Waals surface area contributed by atoms with Crippen molar-refractivity contribution in [1.82, 2.24) is 5.32 Å². The van der Waals surface area contributed by atoms with E-state index >= 15 is 0 Å². The average molecular weight is 413 g/mol. The molecule has 0 saturated heterocycles. The Labute approximate surface area is 176 Å². The molecule has 0 spiro atoms. The highest BCUT2D eigenvalue weighted by Gasteiger charge is 2.29. The van der Waals surface area contributed by atoms with Gasteiger partial charge in [0.15, 0.2) is 12.1 Å². The maximum Gasteiger partial charge on any atom is 0.333 e. The number of benzene rings is 1. The first-order valence-corrected chi connectivity index (χ1v) is 9.83. The summed E-state index contributed by atoms with van der Waals surface area (Å²) in [5.74, 6) is -1.96. The highest BCUT2D eigenvalue weighted by atomic mass is 16.5. The van der Waals surface area contributed by atoms with Gasteiger partial charge < -0.3 is 19.9 Å². The molecule has 1 unspecified atom stereocenters. The number of carbonyl (C=O) groups is 3. The lowest BCUT2D eigenvalue weighted by atomic mass is 10.1. The standard InChI is InChI=1S/C23H27NO6/c1-29-23(28)21(17-11-7-6-8-12-17)24-22(27)19-14-10-5-3-2-4-9-13-18(25)15-16-20(26)30-19/h2-3,6-9,11-13,15-16,18-19,21,25H,4-5,10,14H2,1H3,(H,24,27)/b3-2+,13-9-,16-15+/t18?,19-,21-/m0/s1. The molecule has 0 saturated carbocycles. The van der Waals surface area contributed by atoms with E-state index in [0.717, 1.165) is 6.08 Å². The van der Waals surface area contributed by atoms with Crippen LogP contribution in [-0.4, -0.2) is 42.3 Å². The lowest BCUT2D eigenvalue weighted by Crippen LogP contribution is -2.42. The largest absolute Gasteiger partial charge is 0.467 e. The van der Waals surface area contributed by atoms with Crippen LogP contribution in [-0.2, 0) is 23.9 Å². The Balaban J connectivity index is 2.16. The summed E-state index contributed by atoms with van der Waals surface area (Å²) in [7, 11) is 1.24. The fourth-order valence-corrected chi connectivity index (χ4v) is 2.87. The van der Waals surface area contributed by atoms with Crippen molar-refractivity contribution in [2.75, 3.05) is 7.11 Å². The normalized spacial score (nSPS) is 24.4. The highest BCUT2D eigenvalue weighted by molar-refractivity contribution is 5.90. The van der Waals surface area contributed by atoms with Gasteiger partial charge in [-0.25, -0.2) is 9.59 Å². The number of hydrogen-bond donors (Lipinski definition) is 2. The number of aliphatic hydroxyl groups excluding tert-OH is 1. The van der Waals surface area contributed by atoms with Gasteiger partial charge in [0, 0.05) is 6.08 Å². The Morgan fingerprint density at radius 3 is 2.67 bits per heavy atom. The number of carbonyl (C=O) groups excluding carboxylic acids is 3. The van der Waals surface area contributed by atoms with Crippen LogP contribution >= 0.6 is 0 Å². The Bertz CT molecular complexity index is 799. The van der Waals surface area contributed by atoms with E-state index in [1.54, 1.807) is 42.5 Å². The van der Waals surface area contributed by atoms with Gasteiger partial charge in [-0.3, -0.25) is 4.79 Å². The quantitative estimate of drug-likeness (QED) is 0.581. The van der Waals surface area contributed by atoms with Gasteiger partial charge >= 0.3 is 11.9 Å². The molecule has 0 fully saturated rings. The summed E-state index contributed by atoms with van der Waals surface area (Å²) >= 11 is 0. The van der Waals surface area contributed by atoms with Crippen molar-refractivity contribution in [3.05, 3.63) is 72.4 Å². The number of aliphatic hydroxyl groups is 1. The number of esters is 2. The zero-order chi connectivity index (χ0) is 21.8.